The van der Waals surface area contributed by atoms with Crippen molar-refractivity contribution >= 4 is 28.9 Å². The summed E-state index contributed by atoms with van der Waals surface area (Å²) in [6.07, 6.45) is 1.31. The number of hydrogen-bond donors (Lipinski definition) is 4. The molecule has 2 fully saturated rings. The molecule has 0 unspecified atom stereocenters. The number of benzene rings is 1. The second kappa shape index (κ2) is 5.46. The van der Waals surface area contributed by atoms with E-state index in [0.29, 0.717) is 11.0 Å². The number of rotatable bonds is 4. The van der Waals surface area contributed by atoms with Crippen molar-refractivity contribution < 1.29 is 24.6 Å². The highest BCUT2D eigenvalue weighted by Gasteiger charge is 2.74. The highest BCUT2D eigenvalue weighted by Crippen LogP contribution is 2.61. The molecule has 4 rings (SSSR count). The van der Waals surface area contributed by atoms with E-state index in [-0.39, 0.29) is 12.1 Å². The molecule has 5 atom stereocenters. The molecule has 0 spiro atoms. The van der Waals surface area contributed by atoms with Crippen LogP contribution in [0.2, 0.25) is 0 Å². The number of carbonyl (C=O) groups is 3. The lowest BCUT2D eigenvalue weighted by Gasteiger charge is -2.24. The maximum absolute atomic E-state index is 12.5. The molecule has 5 N–H and O–H groups in total. The number of para-hydroxylation sites is 2. The monoisotopic (exact) mass is 356 g/mol. The summed E-state index contributed by atoms with van der Waals surface area (Å²) in [7, 11) is 0. The molecule has 2 saturated carbocycles. The zero-order valence-electron chi connectivity index (χ0n) is 13.5. The first-order valence-corrected chi connectivity index (χ1v) is 8.10. The number of hydrogen-bond acceptors (Lipinski definition) is 6. The molecule has 1 amide bonds. The Morgan fingerprint density at radius 1 is 1.19 bits per heavy atom. The molecule has 9 heteroatoms. The van der Waals surface area contributed by atoms with Crippen LogP contribution in [0.1, 0.15) is 16.9 Å². The van der Waals surface area contributed by atoms with Crippen molar-refractivity contribution in [3.05, 3.63) is 36.2 Å². The van der Waals surface area contributed by atoms with E-state index in [1.54, 1.807) is 24.3 Å². The van der Waals surface area contributed by atoms with E-state index < -0.39 is 47.2 Å². The number of nitrogens with one attached hydrogen (secondary N) is 1. The Kier molecular flexibility index (Phi) is 3.45. The average Bonchev–Trinajstić information content (AvgIpc) is 3.30. The first-order valence-electron chi connectivity index (χ1n) is 8.10. The number of amides is 1. The first kappa shape index (κ1) is 16.4. The predicted octanol–water partition coefficient (Wildman–Crippen LogP) is -0.139. The Hall–Kier alpha value is -3.07. The van der Waals surface area contributed by atoms with Crippen molar-refractivity contribution in [1.82, 2.24) is 15.3 Å². The van der Waals surface area contributed by atoms with Crippen LogP contribution in [-0.2, 0) is 9.59 Å². The maximum Gasteiger partial charge on any atom is 0.324 e. The third kappa shape index (κ3) is 2.31. The van der Waals surface area contributed by atoms with Gasteiger partial charge in [0.2, 0.25) is 0 Å². The highest BCUT2D eigenvalue weighted by atomic mass is 16.4. The van der Waals surface area contributed by atoms with Gasteiger partial charge in [-0.15, -0.1) is 0 Å². The van der Waals surface area contributed by atoms with Gasteiger partial charge in [0.15, 0.2) is 0 Å². The summed E-state index contributed by atoms with van der Waals surface area (Å²) in [6, 6.07) is 6.44. The molecule has 0 aliphatic heterocycles. The molecule has 2 aliphatic rings. The van der Waals surface area contributed by atoms with Crippen molar-refractivity contribution in [2.45, 2.75) is 18.0 Å². The van der Waals surface area contributed by atoms with Crippen molar-refractivity contribution in [3.8, 4) is 0 Å². The van der Waals surface area contributed by atoms with Crippen LogP contribution in [0.4, 0.5) is 0 Å². The van der Waals surface area contributed by atoms with Gasteiger partial charge in [-0.25, -0.2) is 4.98 Å². The summed E-state index contributed by atoms with van der Waals surface area (Å²) in [4.78, 5) is 43.8. The smallest absolute Gasteiger partial charge is 0.324 e. The molecule has 2 aliphatic carbocycles. The molecule has 26 heavy (non-hydrogen) atoms. The van der Waals surface area contributed by atoms with Crippen LogP contribution in [0.25, 0.3) is 11.0 Å². The van der Waals surface area contributed by atoms with E-state index in [4.69, 9.17) is 5.73 Å². The van der Waals surface area contributed by atoms with E-state index in [2.05, 4.69) is 15.3 Å². The zero-order valence-corrected chi connectivity index (χ0v) is 13.5. The average molecular weight is 356 g/mol. The van der Waals surface area contributed by atoms with E-state index in [1.165, 1.54) is 6.20 Å². The second-order valence-corrected chi connectivity index (χ2v) is 6.84. The van der Waals surface area contributed by atoms with Crippen LogP contribution in [0, 0.1) is 17.8 Å². The molecule has 1 heterocycles. The number of nitrogens with zero attached hydrogens (tertiary/aromatic N) is 2. The third-order valence-corrected chi connectivity index (χ3v) is 5.37. The lowest BCUT2D eigenvalue weighted by molar-refractivity contribution is -0.145. The number of carboxylic acids is 2. The van der Waals surface area contributed by atoms with E-state index in [9.17, 15) is 24.6 Å². The van der Waals surface area contributed by atoms with Gasteiger partial charge in [0.1, 0.15) is 11.2 Å². The van der Waals surface area contributed by atoms with Gasteiger partial charge in [-0.1, -0.05) is 12.1 Å². The van der Waals surface area contributed by atoms with E-state index in [1.807, 2.05) is 0 Å². The third-order valence-electron chi connectivity index (χ3n) is 5.37. The fourth-order valence-corrected chi connectivity index (χ4v) is 4.14. The van der Waals surface area contributed by atoms with E-state index in [0.717, 1.165) is 0 Å². The SMILES string of the molecule is N[C@]1(C(=O)O)C[C@@H](NC(=O)c2cnc3ccccc3n2)[C@@H]2[C@@H](C(=O)O)[C@H]21. The standard InChI is InChI=1S/C17H16N4O5/c18-17(16(25)26)5-9(11-12(13(11)17)15(23)24)21-14(22)10-6-19-7-3-1-2-4-8(7)20-10/h1-4,6,9,11-13H,5,18H2,(H,21,22)(H,23,24)(H,25,26)/t9-,11-,12-,13+,17-/m1/s1. The quantitative estimate of drug-likeness (QED) is 0.590. The van der Waals surface area contributed by atoms with Crippen molar-refractivity contribution in [2.75, 3.05) is 0 Å². The van der Waals surface area contributed by atoms with Gasteiger partial charge in [-0.2, -0.15) is 0 Å². The van der Waals surface area contributed by atoms with Gasteiger partial charge in [0.25, 0.3) is 5.91 Å². The number of carbonyl (C=O) groups excluding carboxylic acids is 1. The normalized spacial score (nSPS) is 32.0. The topological polar surface area (TPSA) is 156 Å². The van der Waals surface area contributed by atoms with E-state index >= 15 is 0 Å². The maximum atomic E-state index is 12.5. The molecular formula is C17H16N4O5. The molecule has 134 valence electrons. The minimum Gasteiger partial charge on any atom is -0.481 e. The van der Waals surface area contributed by atoms with Crippen molar-refractivity contribution in [3.63, 3.8) is 0 Å². The zero-order chi connectivity index (χ0) is 18.6. The first-order chi connectivity index (χ1) is 12.3. The molecular weight excluding hydrogens is 340 g/mol. The fraction of sp³-hybridized carbons (Fsp3) is 0.353. The Labute approximate surface area is 147 Å². The fourth-order valence-electron chi connectivity index (χ4n) is 4.14. The molecule has 0 saturated heterocycles. The predicted molar refractivity (Wildman–Crippen MR) is 88.1 cm³/mol. The van der Waals surface area contributed by atoms with Gasteiger partial charge >= 0.3 is 11.9 Å². The minimum atomic E-state index is -1.65. The van der Waals surface area contributed by atoms with Crippen LogP contribution < -0.4 is 11.1 Å². The van der Waals surface area contributed by atoms with Crippen LogP contribution >= 0.6 is 0 Å². The number of aliphatic carboxylic acids is 2. The Balaban J connectivity index is 1.57. The summed E-state index contributed by atoms with van der Waals surface area (Å²) in [5, 5.41) is 21.4. The summed E-state index contributed by atoms with van der Waals surface area (Å²) in [6.45, 7) is 0. The number of aromatic nitrogens is 2. The van der Waals surface area contributed by atoms with Gasteiger partial charge in [0, 0.05) is 12.0 Å². The molecule has 9 nitrogen and oxygen atoms in total. The lowest BCUT2D eigenvalue weighted by Crippen LogP contribution is -2.52. The van der Waals surface area contributed by atoms with Gasteiger partial charge in [-0.3, -0.25) is 19.4 Å². The van der Waals surface area contributed by atoms with Crippen molar-refractivity contribution in [2.24, 2.45) is 23.5 Å². The van der Waals surface area contributed by atoms with Gasteiger partial charge in [0.05, 0.1) is 23.1 Å². The number of fused-ring (bicyclic) bond motifs is 2. The lowest BCUT2D eigenvalue weighted by atomic mass is 9.90. The minimum absolute atomic E-state index is 0.0196. The summed E-state index contributed by atoms with van der Waals surface area (Å²) in [5.74, 6) is -4.93. The highest BCUT2D eigenvalue weighted by molar-refractivity contribution is 5.94. The molecule has 2 aromatic rings. The van der Waals surface area contributed by atoms with Crippen LogP contribution in [0.3, 0.4) is 0 Å². The van der Waals surface area contributed by atoms with Crippen LogP contribution in [-0.4, -0.2) is 49.6 Å². The number of carboxylic acid groups (broad SMARTS) is 2. The Morgan fingerprint density at radius 2 is 1.88 bits per heavy atom. The second-order valence-electron chi connectivity index (χ2n) is 6.84. The van der Waals surface area contributed by atoms with Crippen LogP contribution in [0.5, 0.6) is 0 Å². The van der Waals surface area contributed by atoms with Crippen molar-refractivity contribution in [1.29, 1.82) is 0 Å². The Morgan fingerprint density at radius 3 is 2.54 bits per heavy atom. The molecule has 1 aromatic carbocycles. The molecule has 0 radical (unpaired) electrons. The largest absolute Gasteiger partial charge is 0.481 e. The molecule has 0 bridgehead atoms. The van der Waals surface area contributed by atoms with Crippen LogP contribution in [0.15, 0.2) is 30.5 Å². The summed E-state index contributed by atoms with van der Waals surface area (Å²) in [5.41, 5.74) is 5.58. The Bertz CT molecular complexity index is 948. The van der Waals surface area contributed by atoms with Gasteiger partial charge < -0.3 is 21.3 Å². The van der Waals surface area contributed by atoms with Gasteiger partial charge in [-0.05, 0) is 24.5 Å². The summed E-state index contributed by atoms with van der Waals surface area (Å²) < 4.78 is 0. The summed E-state index contributed by atoms with van der Waals surface area (Å²) >= 11 is 0. The molecule has 1 aromatic heterocycles. The number of nitrogens with two attached hydrogens (primary N) is 1.